The van der Waals surface area contributed by atoms with Gasteiger partial charge in [-0.2, -0.15) is 0 Å². The summed E-state index contributed by atoms with van der Waals surface area (Å²) in [6, 6.07) is 2.88. The number of carbonyl (C=O) groups excluding carboxylic acids is 1. The zero-order chi connectivity index (χ0) is 16.2. The van der Waals surface area contributed by atoms with Crippen molar-refractivity contribution in [2.45, 2.75) is 38.8 Å². The van der Waals surface area contributed by atoms with Crippen LogP contribution in [0.1, 0.15) is 26.3 Å². The number of carboxylic acid groups (broad SMARTS) is 1. The fraction of sp³-hybridized carbons (Fsp3) is 0.429. The molecule has 0 aromatic heterocycles. The third kappa shape index (κ3) is 6.57. The number of carbonyl (C=O) groups is 2. The number of benzene rings is 1. The first kappa shape index (κ1) is 17.4. The maximum atomic E-state index is 13.3. The Bertz CT molecular complexity index is 522. The van der Waals surface area contributed by atoms with Gasteiger partial charge in [-0.25, -0.2) is 14.0 Å². The summed E-state index contributed by atoms with van der Waals surface area (Å²) in [5, 5.41) is 11.4. The van der Waals surface area contributed by atoms with Crippen molar-refractivity contribution in [3.8, 4) is 0 Å². The molecule has 0 aliphatic carbocycles. The summed E-state index contributed by atoms with van der Waals surface area (Å²) >= 11 is 3.13. The van der Waals surface area contributed by atoms with Crippen molar-refractivity contribution in [1.82, 2.24) is 5.32 Å². The van der Waals surface area contributed by atoms with Crippen LogP contribution in [0.25, 0.3) is 0 Å². The Morgan fingerprint density at radius 1 is 1.38 bits per heavy atom. The van der Waals surface area contributed by atoms with E-state index in [1.807, 2.05) is 0 Å². The highest BCUT2D eigenvalue weighted by Gasteiger charge is 2.24. The normalized spacial score (nSPS) is 12.6. The molecule has 7 heteroatoms. The number of alkyl carbamates (subject to hydrolysis) is 1. The van der Waals surface area contributed by atoms with Crippen LogP contribution in [0.5, 0.6) is 0 Å². The average Bonchev–Trinajstić information content (AvgIpc) is 2.23. The number of hydrogen-bond acceptors (Lipinski definition) is 3. The van der Waals surface area contributed by atoms with Gasteiger partial charge in [0.05, 0.1) is 0 Å². The summed E-state index contributed by atoms with van der Waals surface area (Å²) in [6.07, 6.45) is -0.879. The Morgan fingerprint density at radius 2 is 2.00 bits per heavy atom. The summed E-state index contributed by atoms with van der Waals surface area (Å²) in [4.78, 5) is 22.8. The molecule has 0 aliphatic heterocycles. The van der Waals surface area contributed by atoms with Gasteiger partial charge in [-0.15, -0.1) is 0 Å². The molecule has 0 radical (unpaired) electrons. The molecule has 21 heavy (non-hydrogen) atoms. The van der Waals surface area contributed by atoms with Gasteiger partial charge in [-0.1, -0.05) is 15.9 Å². The standard InChI is InChI=1S/C14H17BrFNO4/c1-14(2,3)21-13(20)17-11(12(18)19)6-8-4-9(15)7-10(16)5-8/h4-5,7,11H,6H2,1-3H3,(H,17,20)(H,18,19)/t11-/m0/s1. The summed E-state index contributed by atoms with van der Waals surface area (Å²) in [7, 11) is 0. The molecular formula is C14H17BrFNO4. The van der Waals surface area contributed by atoms with E-state index in [-0.39, 0.29) is 6.42 Å². The number of ether oxygens (including phenoxy) is 1. The first-order valence-corrected chi connectivity index (χ1v) is 7.03. The van der Waals surface area contributed by atoms with Crippen molar-refractivity contribution in [1.29, 1.82) is 0 Å². The highest BCUT2D eigenvalue weighted by molar-refractivity contribution is 9.10. The van der Waals surface area contributed by atoms with Gasteiger partial charge < -0.3 is 15.2 Å². The molecule has 0 unspecified atom stereocenters. The van der Waals surface area contributed by atoms with Gasteiger partial charge in [0.15, 0.2) is 0 Å². The monoisotopic (exact) mass is 361 g/mol. The summed E-state index contributed by atoms with van der Waals surface area (Å²) in [5.41, 5.74) is -0.278. The minimum Gasteiger partial charge on any atom is -0.480 e. The molecule has 1 aromatic rings. The minimum absolute atomic E-state index is 0.0507. The Morgan fingerprint density at radius 3 is 2.48 bits per heavy atom. The Labute approximate surface area is 130 Å². The zero-order valence-electron chi connectivity index (χ0n) is 11.9. The van der Waals surface area contributed by atoms with Crippen LogP contribution in [-0.2, 0) is 16.0 Å². The molecule has 0 aliphatic rings. The van der Waals surface area contributed by atoms with Crippen LogP contribution < -0.4 is 5.32 Å². The third-order valence-corrected chi connectivity index (χ3v) is 2.81. The van der Waals surface area contributed by atoms with E-state index in [0.717, 1.165) is 0 Å². The number of amides is 1. The van der Waals surface area contributed by atoms with Gasteiger partial charge in [0.2, 0.25) is 0 Å². The van der Waals surface area contributed by atoms with Crippen molar-refractivity contribution in [2.24, 2.45) is 0 Å². The van der Waals surface area contributed by atoms with Crippen LogP contribution in [-0.4, -0.2) is 28.8 Å². The van der Waals surface area contributed by atoms with Gasteiger partial charge in [0, 0.05) is 10.9 Å². The molecule has 1 rings (SSSR count). The number of rotatable bonds is 4. The molecular weight excluding hydrogens is 345 g/mol. The van der Waals surface area contributed by atoms with E-state index in [1.165, 1.54) is 12.1 Å². The minimum atomic E-state index is -1.22. The smallest absolute Gasteiger partial charge is 0.408 e. The van der Waals surface area contributed by atoms with Crippen molar-refractivity contribution in [3.63, 3.8) is 0 Å². The van der Waals surface area contributed by atoms with Gasteiger partial charge >= 0.3 is 12.1 Å². The van der Waals surface area contributed by atoms with Crippen molar-refractivity contribution >= 4 is 28.0 Å². The quantitative estimate of drug-likeness (QED) is 0.863. The number of nitrogens with one attached hydrogen (secondary N) is 1. The highest BCUT2D eigenvalue weighted by Crippen LogP contribution is 2.16. The summed E-state index contributed by atoms with van der Waals surface area (Å²) in [5.74, 6) is -1.71. The lowest BCUT2D eigenvalue weighted by Crippen LogP contribution is -2.44. The third-order valence-electron chi connectivity index (χ3n) is 2.35. The zero-order valence-corrected chi connectivity index (χ0v) is 13.5. The topological polar surface area (TPSA) is 75.6 Å². The van der Waals surface area contributed by atoms with Crippen molar-refractivity contribution < 1.29 is 23.8 Å². The van der Waals surface area contributed by atoms with Gasteiger partial charge in [0.1, 0.15) is 17.5 Å². The predicted molar refractivity (Wildman–Crippen MR) is 78.6 cm³/mol. The maximum absolute atomic E-state index is 13.3. The first-order valence-electron chi connectivity index (χ1n) is 6.24. The van der Waals surface area contributed by atoms with Crippen LogP contribution in [0.3, 0.4) is 0 Å². The molecule has 0 saturated carbocycles. The van der Waals surface area contributed by atoms with Crippen LogP contribution in [0.2, 0.25) is 0 Å². The van der Waals surface area contributed by atoms with Crippen molar-refractivity contribution in [3.05, 3.63) is 34.1 Å². The van der Waals surface area contributed by atoms with Gasteiger partial charge in [0.25, 0.3) is 0 Å². The number of halogens is 2. The van der Waals surface area contributed by atoms with Crippen LogP contribution >= 0.6 is 15.9 Å². The van der Waals surface area contributed by atoms with Crippen LogP contribution in [0, 0.1) is 5.82 Å². The second-order valence-corrected chi connectivity index (χ2v) is 6.43. The van der Waals surface area contributed by atoms with Gasteiger partial charge in [-0.05, 0) is 44.5 Å². The van der Waals surface area contributed by atoms with E-state index >= 15 is 0 Å². The fourth-order valence-electron chi connectivity index (χ4n) is 1.61. The predicted octanol–water partition coefficient (Wildman–Crippen LogP) is 3.11. The largest absolute Gasteiger partial charge is 0.480 e. The summed E-state index contributed by atoms with van der Waals surface area (Å²) in [6.45, 7) is 5.02. The Kier molecular flexibility index (Phi) is 5.71. The molecule has 5 nitrogen and oxygen atoms in total. The molecule has 1 amide bonds. The Hall–Kier alpha value is -1.63. The van der Waals surface area contributed by atoms with E-state index in [0.29, 0.717) is 10.0 Å². The molecule has 0 bridgehead atoms. The lowest BCUT2D eigenvalue weighted by Gasteiger charge is -2.22. The highest BCUT2D eigenvalue weighted by atomic mass is 79.9. The maximum Gasteiger partial charge on any atom is 0.408 e. The van der Waals surface area contributed by atoms with Crippen LogP contribution in [0.15, 0.2) is 22.7 Å². The first-order chi connectivity index (χ1) is 9.56. The second-order valence-electron chi connectivity index (χ2n) is 5.52. The fourth-order valence-corrected chi connectivity index (χ4v) is 2.13. The molecule has 116 valence electrons. The summed E-state index contributed by atoms with van der Waals surface area (Å²) < 4.78 is 18.8. The number of carboxylic acids is 1. The van der Waals surface area contributed by atoms with Crippen molar-refractivity contribution in [2.75, 3.05) is 0 Å². The van der Waals surface area contributed by atoms with Gasteiger partial charge in [-0.3, -0.25) is 0 Å². The molecule has 0 fully saturated rings. The lowest BCUT2D eigenvalue weighted by molar-refractivity contribution is -0.139. The molecule has 0 saturated heterocycles. The Balaban J connectivity index is 2.78. The van der Waals surface area contributed by atoms with Crippen LogP contribution in [0.4, 0.5) is 9.18 Å². The molecule has 1 aromatic carbocycles. The number of aliphatic carboxylic acids is 1. The SMILES string of the molecule is CC(C)(C)OC(=O)N[C@@H](Cc1cc(F)cc(Br)c1)C(=O)O. The van der Waals surface area contributed by atoms with E-state index in [9.17, 15) is 14.0 Å². The van der Waals surface area contributed by atoms with E-state index in [2.05, 4.69) is 21.2 Å². The van der Waals surface area contributed by atoms with E-state index < -0.39 is 29.5 Å². The molecule has 0 spiro atoms. The van der Waals surface area contributed by atoms with E-state index in [1.54, 1.807) is 26.8 Å². The lowest BCUT2D eigenvalue weighted by atomic mass is 10.1. The number of hydrogen-bond donors (Lipinski definition) is 2. The molecule has 1 atom stereocenters. The second kappa shape index (κ2) is 6.89. The molecule has 0 heterocycles. The van der Waals surface area contributed by atoms with E-state index in [4.69, 9.17) is 9.84 Å². The average molecular weight is 362 g/mol. The molecule has 2 N–H and O–H groups in total.